The van der Waals surface area contributed by atoms with Gasteiger partial charge in [-0.25, -0.2) is 9.67 Å². The number of aryl methyl sites for hydroxylation is 4. The van der Waals surface area contributed by atoms with Crippen LogP contribution >= 0.6 is 0 Å². The van der Waals surface area contributed by atoms with Gasteiger partial charge in [0.05, 0.1) is 41.2 Å². The van der Waals surface area contributed by atoms with Gasteiger partial charge in [0, 0.05) is 63.3 Å². The van der Waals surface area contributed by atoms with Crippen molar-refractivity contribution in [2.45, 2.75) is 52.6 Å². The lowest BCUT2D eigenvalue weighted by atomic mass is 10.1. The van der Waals surface area contributed by atoms with Crippen LogP contribution in [0.1, 0.15) is 46.6 Å². The number of nitrogens with zero attached hydrogens (tertiary/aromatic N) is 6. The number of hydrogen-bond acceptors (Lipinski definition) is 8. The molecule has 11 heteroatoms. The van der Waals surface area contributed by atoms with Gasteiger partial charge in [0.25, 0.3) is 5.91 Å². The van der Waals surface area contributed by atoms with Gasteiger partial charge in [-0.3, -0.25) is 15.1 Å². The summed E-state index contributed by atoms with van der Waals surface area (Å²) in [4.78, 5) is 26.1. The summed E-state index contributed by atoms with van der Waals surface area (Å²) in [5, 5.41) is 11.4. The van der Waals surface area contributed by atoms with Gasteiger partial charge < -0.3 is 24.3 Å². The molecular weight excluding hydrogens is 556 g/mol. The van der Waals surface area contributed by atoms with Crippen molar-refractivity contribution in [2.75, 3.05) is 50.2 Å². The van der Waals surface area contributed by atoms with Crippen LogP contribution in [-0.4, -0.2) is 76.2 Å². The minimum Gasteiger partial charge on any atom is -0.477 e. The summed E-state index contributed by atoms with van der Waals surface area (Å²) in [6.45, 7) is 10.8. The highest BCUT2D eigenvalue weighted by atomic mass is 16.5. The minimum absolute atomic E-state index is 0.210. The molecule has 0 unspecified atom stereocenters. The number of rotatable bonds is 3. The van der Waals surface area contributed by atoms with E-state index in [0.29, 0.717) is 48.1 Å². The van der Waals surface area contributed by atoms with Crippen molar-refractivity contribution in [3.8, 4) is 17.1 Å². The van der Waals surface area contributed by atoms with E-state index in [9.17, 15) is 4.79 Å². The summed E-state index contributed by atoms with van der Waals surface area (Å²) >= 11 is 0. The normalized spacial score (nSPS) is 22.2. The Balaban J connectivity index is 1.31. The van der Waals surface area contributed by atoms with Crippen molar-refractivity contribution in [1.82, 2.24) is 29.6 Å². The molecule has 0 spiro atoms. The van der Waals surface area contributed by atoms with E-state index in [1.54, 1.807) is 11.8 Å². The van der Waals surface area contributed by atoms with Crippen molar-refractivity contribution < 1.29 is 14.3 Å². The maximum Gasteiger partial charge on any atom is 0.258 e. The predicted octanol–water partition coefficient (Wildman–Crippen LogP) is 4.24. The number of anilines is 2. The van der Waals surface area contributed by atoms with Gasteiger partial charge in [0.15, 0.2) is 0 Å². The Kier molecular flexibility index (Phi) is 7.54. The maximum atomic E-state index is 13.9. The second-order valence-electron chi connectivity index (χ2n) is 12.8. The third kappa shape index (κ3) is 5.32. The van der Waals surface area contributed by atoms with E-state index in [4.69, 9.17) is 19.4 Å². The summed E-state index contributed by atoms with van der Waals surface area (Å²) < 4.78 is 15.9. The van der Waals surface area contributed by atoms with Gasteiger partial charge in [0.2, 0.25) is 11.8 Å². The molecule has 0 radical (unpaired) electrons. The summed E-state index contributed by atoms with van der Waals surface area (Å²) in [7, 11) is 3.65. The minimum atomic E-state index is -0.210. The molecule has 44 heavy (non-hydrogen) atoms. The molecule has 3 aromatic heterocycles. The molecule has 232 valence electrons. The van der Waals surface area contributed by atoms with E-state index in [2.05, 4.69) is 44.3 Å². The third-order valence-electron chi connectivity index (χ3n) is 9.44. The molecule has 2 fully saturated rings. The fourth-order valence-corrected chi connectivity index (χ4v) is 7.39. The largest absolute Gasteiger partial charge is 0.477 e. The molecule has 4 aromatic rings. The lowest BCUT2D eigenvalue weighted by Gasteiger charge is -2.36. The Morgan fingerprint density at radius 3 is 2.75 bits per heavy atom. The van der Waals surface area contributed by atoms with Crippen LogP contribution in [0.4, 0.5) is 11.6 Å². The Morgan fingerprint density at radius 2 is 1.91 bits per heavy atom. The van der Waals surface area contributed by atoms with Crippen molar-refractivity contribution >= 4 is 28.6 Å². The van der Waals surface area contributed by atoms with Crippen LogP contribution in [0.15, 0.2) is 24.3 Å². The zero-order valence-corrected chi connectivity index (χ0v) is 26.3. The summed E-state index contributed by atoms with van der Waals surface area (Å²) in [6.07, 6.45) is 3.26. The van der Waals surface area contributed by atoms with E-state index < -0.39 is 0 Å². The van der Waals surface area contributed by atoms with Crippen LogP contribution in [0.2, 0.25) is 0 Å². The Morgan fingerprint density at radius 1 is 1.07 bits per heavy atom. The molecular formula is C33H42N8O3. The fraction of sp³-hybridized carbons (Fsp3) is 0.515. The van der Waals surface area contributed by atoms with Gasteiger partial charge in [-0.1, -0.05) is 0 Å². The molecule has 1 saturated carbocycles. The second kappa shape index (κ2) is 11.5. The topological polar surface area (TPSA) is 111 Å². The molecule has 1 amide bonds. The standard InChI is InChI=1S/C33H42N8O3/c1-19-10-26-29(14-28(19)40-9-8-34-25(16-40)18-43-5)41-15-22-6-7-23(12-22)17-44-32-30(21(3)38-39(32)4)27-13-24(11-20(2)35-27)31(42)37-33(41)36-26/h10-11,13-14,22-23,25,34H,6-9,12,15-18H2,1-5H3,(H,36,37,42)/t22-,23+,25+/m1/s1. The number of pyridine rings is 1. The zero-order valence-electron chi connectivity index (χ0n) is 26.3. The number of piperazine rings is 1. The molecule has 4 bridgehead atoms. The molecule has 1 aliphatic carbocycles. The molecule has 2 aliphatic heterocycles. The van der Waals surface area contributed by atoms with Crippen molar-refractivity contribution in [3.63, 3.8) is 0 Å². The highest BCUT2D eigenvalue weighted by Gasteiger charge is 2.30. The number of benzene rings is 1. The number of amides is 1. The Hall–Kier alpha value is -3.96. The number of hydrogen-bond donors (Lipinski definition) is 2. The third-order valence-corrected chi connectivity index (χ3v) is 9.44. The molecule has 7 rings (SSSR count). The molecule has 3 aliphatic rings. The van der Waals surface area contributed by atoms with E-state index in [-0.39, 0.29) is 11.9 Å². The second-order valence-corrected chi connectivity index (χ2v) is 12.8. The predicted molar refractivity (Wildman–Crippen MR) is 171 cm³/mol. The van der Waals surface area contributed by atoms with E-state index in [1.165, 1.54) is 11.3 Å². The van der Waals surface area contributed by atoms with Gasteiger partial charge in [0.1, 0.15) is 0 Å². The lowest BCUT2D eigenvalue weighted by molar-refractivity contribution is 0.102. The van der Waals surface area contributed by atoms with Crippen LogP contribution in [0, 0.1) is 32.6 Å². The highest BCUT2D eigenvalue weighted by molar-refractivity contribution is 6.05. The number of ether oxygens (including phenoxy) is 2. The summed E-state index contributed by atoms with van der Waals surface area (Å²) in [5.41, 5.74) is 7.96. The molecule has 2 N–H and O–H groups in total. The van der Waals surface area contributed by atoms with E-state index >= 15 is 0 Å². The first-order valence-electron chi connectivity index (χ1n) is 15.7. The summed E-state index contributed by atoms with van der Waals surface area (Å²) in [5.74, 6) is 1.97. The molecule has 3 atom stereocenters. The van der Waals surface area contributed by atoms with Gasteiger partial charge in [-0.05, 0) is 81.7 Å². The van der Waals surface area contributed by atoms with Crippen LogP contribution in [0.5, 0.6) is 5.88 Å². The SMILES string of the molecule is COC[C@@H]1CN(c2cc3c(cc2C)nc2n3C[C@@H]3CC[C@H](COc4c(c(C)nn4C)-c4cc(cc(C)n4)C(=O)N2)C3)CCN1. The van der Waals surface area contributed by atoms with Crippen LogP contribution < -0.4 is 20.3 Å². The van der Waals surface area contributed by atoms with E-state index in [0.717, 1.165) is 73.4 Å². The maximum absolute atomic E-state index is 13.9. The van der Waals surface area contributed by atoms with Crippen LogP contribution in [0.3, 0.4) is 0 Å². The zero-order chi connectivity index (χ0) is 30.5. The first-order valence-corrected chi connectivity index (χ1v) is 15.7. The van der Waals surface area contributed by atoms with Crippen molar-refractivity contribution in [2.24, 2.45) is 18.9 Å². The number of imidazole rings is 1. The average Bonchev–Trinajstić information content (AvgIpc) is 3.65. The Labute approximate surface area is 257 Å². The number of aromatic nitrogens is 5. The van der Waals surface area contributed by atoms with E-state index in [1.807, 2.05) is 33.0 Å². The summed E-state index contributed by atoms with van der Waals surface area (Å²) in [6, 6.07) is 8.37. The van der Waals surface area contributed by atoms with Gasteiger partial charge in [-0.15, -0.1) is 0 Å². The number of carbonyl (C=O) groups excluding carboxylic acids is 1. The smallest absolute Gasteiger partial charge is 0.258 e. The highest BCUT2D eigenvalue weighted by Crippen LogP contribution is 2.38. The molecule has 1 saturated heterocycles. The van der Waals surface area contributed by atoms with Crippen molar-refractivity contribution in [3.05, 3.63) is 46.8 Å². The van der Waals surface area contributed by atoms with Crippen molar-refractivity contribution in [1.29, 1.82) is 0 Å². The monoisotopic (exact) mass is 598 g/mol. The van der Waals surface area contributed by atoms with Crippen LogP contribution in [0.25, 0.3) is 22.3 Å². The number of fused-ring (bicyclic) bond motifs is 9. The quantitative estimate of drug-likeness (QED) is 0.360. The van der Waals surface area contributed by atoms with Gasteiger partial charge in [-0.2, -0.15) is 5.10 Å². The molecule has 5 heterocycles. The number of carbonyl (C=O) groups is 1. The Bertz CT molecular complexity index is 1720. The molecule has 11 nitrogen and oxygen atoms in total. The average molecular weight is 599 g/mol. The first kappa shape index (κ1) is 28.8. The van der Waals surface area contributed by atoms with Crippen LogP contribution in [-0.2, 0) is 18.3 Å². The lowest BCUT2D eigenvalue weighted by Crippen LogP contribution is -2.52. The first-order chi connectivity index (χ1) is 21.3. The number of nitrogens with one attached hydrogen (secondary N) is 2. The molecule has 1 aromatic carbocycles. The number of methoxy groups -OCH3 is 1. The van der Waals surface area contributed by atoms with Gasteiger partial charge >= 0.3 is 0 Å². The fourth-order valence-electron chi connectivity index (χ4n) is 7.39.